The molecule has 1 aromatic rings. The first-order valence-corrected chi connectivity index (χ1v) is 6.89. The molecule has 0 aromatic heterocycles. The molecule has 0 bridgehead atoms. The summed E-state index contributed by atoms with van der Waals surface area (Å²) in [4.78, 5) is 14.5. The van der Waals surface area contributed by atoms with Crippen LogP contribution in [0.15, 0.2) is 18.2 Å². The minimum absolute atomic E-state index is 0.0238. The van der Waals surface area contributed by atoms with Crippen molar-refractivity contribution < 1.29 is 14.3 Å². The molecule has 0 aliphatic carbocycles. The van der Waals surface area contributed by atoms with E-state index in [0.717, 1.165) is 25.8 Å². The third kappa shape index (κ3) is 3.22. The fraction of sp³-hybridized carbons (Fsp3) is 0.533. The number of hydrogen-bond donors (Lipinski definition) is 1. The van der Waals surface area contributed by atoms with Gasteiger partial charge in [0, 0.05) is 6.07 Å². The Balaban J connectivity index is 2.10. The van der Waals surface area contributed by atoms with Crippen LogP contribution in [0.25, 0.3) is 0 Å². The zero-order chi connectivity index (χ0) is 14.5. The van der Waals surface area contributed by atoms with E-state index in [9.17, 15) is 4.79 Å². The van der Waals surface area contributed by atoms with E-state index < -0.39 is 0 Å². The normalized spacial score (nSPS) is 19.4. The number of hydrogen-bond acceptors (Lipinski definition) is 4. The van der Waals surface area contributed by atoms with Crippen LogP contribution < -0.4 is 14.8 Å². The zero-order valence-electron chi connectivity index (χ0n) is 12.3. The maximum Gasteiger partial charge on any atom is 0.241 e. The molecule has 0 spiro atoms. The lowest BCUT2D eigenvalue weighted by atomic mass is 10.0. The molecule has 1 fully saturated rings. The number of carbonyl (C=O) groups excluding carboxylic acids is 1. The Bertz CT molecular complexity index is 476. The molecule has 5 nitrogen and oxygen atoms in total. The number of likely N-dealkylation sites (tertiary alicyclic amines) is 1. The quantitative estimate of drug-likeness (QED) is 0.916. The van der Waals surface area contributed by atoms with E-state index in [1.807, 2.05) is 13.1 Å². The third-order valence-electron chi connectivity index (χ3n) is 3.74. The van der Waals surface area contributed by atoms with Crippen LogP contribution in [-0.2, 0) is 4.79 Å². The highest BCUT2D eigenvalue weighted by Gasteiger charge is 2.26. The summed E-state index contributed by atoms with van der Waals surface area (Å²) < 4.78 is 10.4. The zero-order valence-corrected chi connectivity index (χ0v) is 12.3. The summed E-state index contributed by atoms with van der Waals surface area (Å²) in [6, 6.07) is 5.32. The van der Waals surface area contributed by atoms with Crippen LogP contribution in [0.3, 0.4) is 0 Å². The van der Waals surface area contributed by atoms with E-state index in [1.54, 1.807) is 26.4 Å². The second kappa shape index (κ2) is 6.61. The van der Waals surface area contributed by atoms with Crippen LogP contribution in [0.2, 0.25) is 0 Å². The van der Waals surface area contributed by atoms with Gasteiger partial charge in [0.2, 0.25) is 5.91 Å². The van der Waals surface area contributed by atoms with E-state index in [-0.39, 0.29) is 11.9 Å². The van der Waals surface area contributed by atoms with Crippen LogP contribution >= 0.6 is 0 Å². The summed E-state index contributed by atoms with van der Waals surface area (Å²) in [6.45, 7) is 0.970. The van der Waals surface area contributed by atoms with Crippen molar-refractivity contribution >= 4 is 11.6 Å². The largest absolute Gasteiger partial charge is 0.497 e. The Labute approximate surface area is 119 Å². The number of benzene rings is 1. The van der Waals surface area contributed by atoms with Crippen molar-refractivity contribution in [3.63, 3.8) is 0 Å². The minimum Gasteiger partial charge on any atom is -0.497 e. The van der Waals surface area contributed by atoms with Gasteiger partial charge in [-0.2, -0.15) is 0 Å². The highest BCUT2D eigenvalue weighted by atomic mass is 16.5. The Morgan fingerprint density at radius 3 is 2.75 bits per heavy atom. The summed E-state index contributed by atoms with van der Waals surface area (Å²) in [6.07, 6.45) is 3.16. The van der Waals surface area contributed by atoms with Gasteiger partial charge in [0.25, 0.3) is 0 Å². The molecule has 0 radical (unpaired) electrons. The van der Waals surface area contributed by atoms with E-state index in [4.69, 9.17) is 9.47 Å². The molecule has 0 saturated carbocycles. The maximum atomic E-state index is 12.4. The number of rotatable bonds is 4. The molecule has 5 heteroatoms. The van der Waals surface area contributed by atoms with E-state index in [0.29, 0.717) is 17.2 Å². The first kappa shape index (κ1) is 14.7. The number of ether oxygens (including phenoxy) is 2. The predicted octanol–water partition coefficient (Wildman–Crippen LogP) is 2.13. The second-order valence-electron chi connectivity index (χ2n) is 5.05. The standard InChI is InChI=1S/C15H22N2O3/c1-17-9-5-4-6-13(17)15(18)16-12-8-7-11(19-2)10-14(12)20-3/h7-8,10,13H,4-6,9H2,1-3H3,(H,16,18). The van der Waals surface area contributed by atoms with Gasteiger partial charge in [0.15, 0.2) is 0 Å². The number of likely N-dealkylation sites (N-methyl/N-ethyl adjacent to an activating group) is 1. The highest BCUT2D eigenvalue weighted by molar-refractivity contribution is 5.96. The van der Waals surface area contributed by atoms with Gasteiger partial charge in [0.1, 0.15) is 11.5 Å². The minimum atomic E-state index is -0.0597. The second-order valence-corrected chi connectivity index (χ2v) is 5.05. The fourth-order valence-electron chi connectivity index (χ4n) is 2.52. The SMILES string of the molecule is COc1ccc(NC(=O)C2CCCCN2C)c(OC)c1. The molecule has 1 saturated heterocycles. The van der Waals surface area contributed by atoms with Crippen LogP contribution in [0.4, 0.5) is 5.69 Å². The van der Waals surface area contributed by atoms with Gasteiger partial charge in [0.05, 0.1) is 25.9 Å². The molecule has 1 unspecified atom stereocenters. The van der Waals surface area contributed by atoms with Gasteiger partial charge in [-0.25, -0.2) is 0 Å². The Hall–Kier alpha value is -1.75. The van der Waals surface area contributed by atoms with Crippen molar-refractivity contribution in [2.24, 2.45) is 0 Å². The fourth-order valence-corrected chi connectivity index (χ4v) is 2.52. The van der Waals surface area contributed by atoms with Crippen LogP contribution in [0.1, 0.15) is 19.3 Å². The van der Waals surface area contributed by atoms with Gasteiger partial charge in [-0.1, -0.05) is 6.42 Å². The lowest BCUT2D eigenvalue weighted by Gasteiger charge is -2.31. The molecule has 1 aliphatic rings. The molecular weight excluding hydrogens is 256 g/mol. The van der Waals surface area contributed by atoms with Crippen LogP contribution in [0, 0.1) is 0 Å². The number of carbonyl (C=O) groups is 1. The molecule has 20 heavy (non-hydrogen) atoms. The molecule has 110 valence electrons. The third-order valence-corrected chi connectivity index (χ3v) is 3.74. The van der Waals surface area contributed by atoms with Crippen molar-refractivity contribution in [3.8, 4) is 11.5 Å². The molecule has 1 aromatic carbocycles. The van der Waals surface area contributed by atoms with Gasteiger partial charge in [-0.15, -0.1) is 0 Å². The summed E-state index contributed by atoms with van der Waals surface area (Å²) in [7, 11) is 5.18. The lowest BCUT2D eigenvalue weighted by molar-refractivity contribution is -0.121. The molecule has 1 N–H and O–H groups in total. The number of methoxy groups -OCH3 is 2. The Kier molecular flexibility index (Phi) is 4.84. The smallest absolute Gasteiger partial charge is 0.241 e. The number of anilines is 1. The van der Waals surface area contributed by atoms with Gasteiger partial charge in [-0.3, -0.25) is 9.69 Å². The first-order valence-electron chi connectivity index (χ1n) is 6.89. The number of amides is 1. The van der Waals surface area contributed by atoms with Crippen molar-refractivity contribution in [2.75, 3.05) is 33.1 Å². The van der Waals surface area contributed by atoms with Crippen molar-refractivity contribution in [1.82, 2.24) is 4.90 Å². The molecule has 2 rings (SSSR count). The number of piperidine rings is 1. The Morgan fingerprint density at radius 1 is 1.30 bits per heavy atom. The summed E-state index contributed by atoms with van der Waals surface area (Å²) in [5, 5.41) is 2.95. The van der Waals surface area contributed by atoms with E-state index in [1.165, 1.54) is 0 Å². The average molecular weight is 278 g/mol. The average Bonchev–Trinajstić information content (AvgIpc) is 2.48. The van der Waals surface area contributed by atoms with Crippen molar-refractivity contribution in [3.05, 3.63) is 18.2 Å². The Morgan fingerprint density at radius 2 is 2.10 bits per heavy atom. The number of nitrogens with zero attached hydrogens (tertiary/aromatic N) is 1. The highest BCUT2D eigenvalue weighted by Crippen LogP contribution is 2.29. The predicted molar refractivity (Wildman–Crippen MR) is 78.4 cm³/mol. The summed E-state index contributed by atoms with van der Waals surface area (Å²) in [5.74, 6) is 1.33. The molecule has 1 amide bonds. The van der Waals surface area contributed by atoms with E-state index in [2.05, 4.69) is 10.2 Å². The van der Waals surface area contributed by atoms with Crippen molar-refractivity contribution in [1.29, 1.82) is 0 Å². The molecule has 1 heterocycles. The number of nitrogens with one attached hydrogen (secondary N) is 1. The van der Waals surface area contributed by atoms with Crippen molar-refractivity contribution in [2.45, 2.75) is 25.3 Å². The summed E-state index contributed by atoms with van der Waals surface area (Å²) >= 11 is 0. The van der Waals surface area contributed by atoms with Gasteiger partial charge in [-0.05, 0) is 38.6 Å². The monoisotopic (exact) mass is 278 g/mol. The molecule has 1 atom stereocenters. The van der Waals surface area contributed by atoms with Gasteiger partial charge >= 0.3 is 0 Å². The van der Waals surface area contributed by atoms with Gasteiger partial charge < -0.3 is 14.8 Å². The molecular formula is C15H22N2O3. The first-order chi connectivity index (χ1) is 9.65. The van der Waals surface area contributed by atoms with Crippen LogP contribution in [-0.4, -0.2) is 44.7 Å². The van der Waals surface area contributed by atoms with E-state index >= 15 is 0 Å². The van der Waals surface area contributed by atoms with Crippen LogP contribution in [0.5, 0.6) is 11.5 Å². The lowest BCUT2D eigenvalue weighted by Crippen LogP contribution is -2.44. The summed E-state index contributed by atoms with van der Waals surface area (Å²) in [5.41, 5.74) is 0.678. The maximum absolute atomic E-state index is 12.4. The molecule has 1 aliphatic heterocycles. The topological polar surface area (TPSA) is 50.8 Å².